The zero-order valence-electron chi connectivity index (χ0n) is 24.9. The molecule has 1 saturated heterocycles. The number of aliphatic imine (C=N–C) groups is 1. The van der Waals surface area contributed by atoms with Crippen LogP contribution in [-0.4, -0.2) is 91.6 Å². The quantitative estimate of drug-likeness (QED) is 0.0755. The van der Waals surface area contributed by atoms with Crippen molar-refractivity contribution in [2.45, 2.75) is 42.7 Å². The average molecular weight is 661 g/mol. The Balaban J connectivity index is 1.59. The summed E-state index contributed by atoms with van der Waals surface area (Å²) >= 11 is 0. The number of carbonyl (C=O) groups excluding carboxylic acids is 4. The zero-order chi connectivity index (χ0) is 33.9. The summed E-state index contributed by atoms with van der Waals surface area (Å²) in [5.74, 6) is -4.37. The molecule has 1 fully saturated rings. The van der Waals surface area contributed by atoms with Gasteiger partial charge in [0.15, 0.2) is 5.96 Å². The summed E-state index contributed by atoms with van der Waals surface area (Å²) in [7, 11) is -4.00. The van der Waals surface area contributed by atoms with Crippen LogP contribution in [0.15, 0.2) is 58.4 Å². The van der Waals surface area contributed by atoms with Crippen LogP contribution >= 0.6 is 0 Å². The normalized spacial score (nSPS) is 15.3. The lowest BCUT2D eigenvalue weighted by Crippen LogP contribution is -2.54. The van der Waals surface area contributed by atoms with E-state index in [1.165, 1.54) is 30.3 Å². The number of hydrogen-bond donors (Lipinski definition) is 8. The zero-order valence-corrected chi connectivity index (χ0v) is 25.7. The van der Waals surface area contributed by atoms with Gasteiger partial charge in [0, 0.05) is 37.2 Å². The van der Waals surface area contributed by atoms with E-state index in [0.717, 1.165) is 4.31 Å². The first-order chi connectivity index (χ1) is 21.8. The smallest absolute Gasteiger partial charge is 0.328 e. The van der Waals surface area contributed by atoms with E-state index >= 15 is 0 Å². The molecular formula is C28H38N9O8S+. The number of amides is 4. The summed E-state index contributed by atoms with van der Waals surface area (Å²) in [6, 6.07) is 9.00. The van der Waals surface area contributed by atoms with Gasteiger partial charge in [-0.05, 0) is 43.2 Å². The van der Waals surface area contributed by atoms with Gasteiger partial charge in [-0.2, -0.15) is 4.31 Å². The molecule has 0 aliphatic carbocycles. The fourth-order valence-electron chi connectivity index (χ4n) is 4.56. The predicted molar refractivity (Wildman–Crippen MR) is 166 cm³/mol. The topological polar surface area (TPSA) is 283 Å². The van der Waals surface area contributed by atoms with Gasteiger partial charge >= 0.3 is 5.97 Å². The second-order valence-electron chi connectivity index (χ2n) is 10.3. The number of nitrogens with two attached hydrogens (primary N) is 2. The summed E-state index contributed by atoms with van der Waals surface area (Å²) in [6.07, 6.45) is 1.36. The molecule has 3 rings (SSSR count). The third kappa shape index (κ3) is 9.98. The van der Waals surface area contributed by atoms with Crippen molar-refractivity contribution in [3.8, 4) is 0 Å². The average Bonchev–Trinajstić information content (AvgIpc) is 3.52. The second-order valence-corrected chi connectivity index (χ2v) is 12.2. The van der Waals surface area contributed by atoms with Crippen molar-refractivity contribution >= 4 is 57.0 Å². The molecule has 1 aliphatic rings. The molecule has 2 atom stereocenters. The third-order valence-electron chi connectivity index (χ3n) is 6.76. The van der Waals surface area contributed by atoms with Gasteiger partial charge in [-0.15, -0.1) is 0 Å². The number of carbonyl (C=O) groups is 5. The van der Waals surface area contributed by atoms with E-state index in [-0.39, 0.29) is 53.1 Å². The van der Waals surface area contributed by atoms with Gasteiger partial charge in [-0.3, -0.25) is 19.2 Å². The summed E-state index contributed by atoms with van der Waals surface area (Å²) in [4.78, 5) is 66.2. The Morgan fingerprint density at radius 2 is 1.76 bits per heavy atom. The maximum Gasteiger partial charge on any atom is 0.328 e. The highest BCUT2D eigenvalue weighted by atomic mass is 32.2. The lowest BCUT2D eigenvalue weighted by molar-refractivity contribution is -0.368. The summed E-state index contributed by atoms with van der Waals surface area (Å²) in [5, 5.41) is 19.3. The largest absolute Gasteiger partial charge is 0.480 e. The van der Waals surface area contributed by atoms with E-state index in [1.807, 2.05) is 0 Å². The van der Waals surface area contributed by atoms with Crippen LogP contribution in [0.25, 0.3) is 0 Å². The van der Waals surface area contributed by atoms with Crippen LogP contribution in [0, 0.1) is 0 Å². The van der Waals surface area contributed by atoms with Crippen LogP contribution in [0.2, 0.25) is 0 Å². The van der Waals surface area contributed by atoms with Gasteiger partial charge in [0.05, 0.1) is 23.7 Å². The molecule has 2 unspecified atom stereocenters. The molecule has 0 radical (unpaired) electrons. The van der Waals surface area contributed by atoms with Crippen molar-refractivity contribution in [2.24, 2.45) is 16.5 Å². The number of hydrogen-bond acceptors (Lipinski definition) is 8. The SMILES string of the molecule is NC(N)=Nc1cc(NC(=O)CCC[NH3+])cc(C(=O)NCC(=O)NCC(NC(=O)C2CCCN2S(=O)(=O)c2ccccc2)C(=O)O)c1. The Kier molecular flexibility index (Phi) is 12.5. The first-order valence-electron chi connectivity index (χ1n) is 14.3. The Labute approximate surface area is 265 Å². The Bertz CT molecular complexity index is 1580. The predicted octanol–water partition coefficient (Wildman–Crippen LogP) is -2.18. The van der Waals surface area contributed by atoms with Crippen LogP contribution in [0.5, 0.6) is 0 Å². The number of nitrogens with one attached hydrogen (secondary N) is 4. The molecule has 12 N–H and O–H groups in total. The number of carboxylic acid groups (broad SMARTS) is 1. The van der Waals surface area contributed by atoms with Crippen molar-refractivity contribution in [1.29, 1.82) is 0 Å². The number of carboxylic acids is 1. The van der Waals surface area contributed by atoms with Gasteiger partial charge in [0.2, 0.25) is 27.7 Å². The number of quaternary nitrogens is 1. The van der Waals surface area contributed by atoms with Crippen LogP contribution in [0.1, 0.15) is 36.0 Å². The first-order valence-corrected chi connectivity index (χ1v) is 15.7. The summed E-state index contributed by atoms with van der Waals surface area (Å²) in [6.45, 7) is -0.461. The standard InChI is InChI=1S/C28H37N9O8S/c29-10-4-9-23(38)34-18-12-17(13-19(14-18)35-28(30)31)25(40)33-16-24(39)32-15-21(27(42)43)36-26(41)22-8-5-11-37(22)46(44,45)20-6-2-1-3-7-20/h1-3,6-7,12-14,21-22H,4-5,8-11,15-16,29H2,(H,32,39)(H,33,40)(H,34,38)(H,36,41)(H,42,43)(H4,30,31,35)/p+1. The van der Waals surface area contributed by atoms with Gasteiger partial charge in [0.1, 0.15) is 12.1 Å². The van der Waals surface area contributed by atoms with E-state index < -0.39 is 58.9 Å². The number of sulfonamides is 1. The van der Waals surface area contributed by atoms with E-state index in [4.69, 9.17) is 11.5 Å². The van der Waals surface area contributed by atoms with E-state index in [0.29, 0.717) is 19.4 Å². The molecule has 17 nitrogen and oxygen atoms in total. The molecule has 4 amide bonds. The summed E-state index contributed by atoms with van der Waals surface area (Å²) in [5.41, 5.74) is 15.0. The Morgan fingerprint density at radius 1 is 1.04 bits per heavy atom. The first kappa shape index (κ1) is 35.4. The minimum atomic E-state index is -4.00. The maximum atomic E-state index is 13.1. The minimum Gasteiger partial charge on any atom is -0.480 e. The molecular weight excluding hydrogens is 622 g/mol. The highest BCUT2D eigenvalue weighted by Gasteiger charge is 2.40. The fraction of sp³-hybridized carbons (Fsp3) is 0.357. The molecule has 2 aromatic rings. The fourth-order valence-corrected chi connectivity index (χ4v) is 6.24. The van der Waals surface area contributed by atoms with E-state index in [9.17, 15) is 37.5 Å². The number of aliphatic carboxylic acids is 1. The van der Waals surface area contributed by atoms with Crippen molar-refractivity contribution in [3.05, 3.63) is 54.1 Å². The number of anilines is 1. The number of guanidine groups is 1. The molecule has 18 heteroatoms. The molecule has 248 valence electrons. The molecule has 0 bridgehead atoms. The van der Waals surface area contributed by atoms with Crippen LogP contribution < -0.4 is 38.5 Å². The van der Waals surface area contributed by atoms with Crippen molar-refractivity contribution in [1.82, 2.24) is 20.3 Å². The van der Waals surface area contributed by atoms with Crippen molar-refractivity contribution in [2.75, 3.05) is 31.5 Å². The summed E-state index contributed by atoms with van der Waals surface area (Å²) < 4.78 is 27.2. The minimum absolute atomic E-state index is 0.00692. The van der Waals surface area contributed by atoms with Crippen LogP contribution in [0.4, 0.5) is 11.4 Å². The highest BCUT2D eigenvalue weighted by Crippen LogP contribution is 2.26. The Morgan fingerprint density at radius 3 is 2.41 bits per heavy atom. The van der Waals surface area contributed by atoms with Crippen LogP contribution in [0.3, 0.4) is 0 Å². The number of nitrogens with zero attached hydrogens (tertiary/aromatic N) is 2. The van der Waals surface area contributed by atoms with E-state index in [1.54, 1.807) is 18.2 Å². The molecule has 0 aromatic heterocycles. The second kappa shape index (κ2) is 16.3. The van der Waals surface area contributed by atoms with Gasteiger partial charge in [0.25, 0.3) is 5.91 Å². The van der Waals surface area contributed by atoms with E-state index in [2.05, 4.69) is 32.0 Å². The maximum absolute atomic E-state index is 13.1. The molecule has 0 saturated carbocycles. The molecule has 1 heterocycles. The number of rotatable bonds is 15. The Hall–Kier alpha value is -5.07. The number of benzene rings is 2. The van der Waals surface area contributed by atoms with Gasteiger partial charge < -0.3 is 43.6 Å². The molecule has 1 aliphatic heterocycles. The lowest BCUT2D eigenvalue weighted by Gasteiger charge is -2.25. The molecule has 2 aromatic carbocycles. The van der Waals surface area contributed by atoms with Crippen molar-refractivity contribution in [3.63, 3.8) is 0 Å². The van der Waals surface area contributed by atoms with Crippen molar-refractivity contribution < 1.29 is 43.2 Å². The highest BCUT2D eigenvalue weighted by molar-refractivity contribution is 7.89. The molecule has 0 spiro atoms. The monoisotopic (exact) mass is 660 g/mol. The lowest BCUT2D eigenvalue weighted by atomic mass is 10.1. The van der Waals surface area contributed by atoms with Gasteiger partial charge in [-0.25, -0.2) is 18.2 Å². The third-order valence-corrected chi connectivity index (χ3v) is 8.68. The van der Waals surface area contributed by atoms with Crippen LogP contribution in [-0.2, 0) is 29.2 Å². The van der Waals surface area contributed by atoms with Gasteiger partial charge in [-0.1, -0.05) is 18.2 Å². The molecule has 46 heavy (non-hydrogen) atoms.